The van der Waals surface area contributed by atoms with Gasteiger partial charge >= 0.3 is 5.56 Å². The van der Waals surface area contributed by atoms with Crippen LogP contribution in [-0.2, 0) is 7.05 Å². The van der Waals surface area contributed by atoms with E-state index in [1.165, 1.54) is 19.2 Å². The zero-order valence-corrected chi connectivity index (χ0v) is 11.7. The van der Waals surface area contributed by atoms with Crippen molar-refractivity contribution in [2.45, 2.75) is 6.92 Å². The Morgan fingerprint density at radius 3 is 2.68 bits per heavy atom. The van der Waals surface area contributed by atoms with Gasteiger partial charge in [0.15, 0.2) is 5.75 Å². The van der Waals surface area contributed by atoms with Gasteiger partial charge in [0.1, 0.15) is 11.4 Å². The average molecular weight is 301 g/mol. The summed E-state index contributed by atoms with van der Waals surface area (Å²) < 4.78 is 6.45. The molecule has 19 heavy (non-hydrogen) atoms. The fraction of sp³-hybridized carbons (Fsp3) is 0.167. The first kappa shape index (κ1) is 13.7. The molecule has 2 rings (SSSR count). The first-order valence-corrected chi connectivity index (χ1v) is 6.05. The van der Waals surface area contributed by atoms with Crippen LogP contribution in [0.5, 0.6) is 17.2 Å². The molecule has 1 heterocycles. The lowest BCUT2D eigenvalue weighted by atomic mass is 10.3. The van der Waals surface area contributed by atoms with Gasteiger partial charge < -0.3 is 9.84 Å². The van der Waals surface area contributed by atoms with Crippen molar-refractivity contribution < 1.29 is 9.84 Å². The molecule has 0 saturated carbocycles. The monoisotopic (exact) mass is 300 g/mol. The average Bonchev–Trinajstić information content (AvgIpc) is 2.34. The number of hydrogen-bond donors (Lipinski definition) is 1. The largest absolute Gasteiger partial charge is 0.503 e. The van der Waals surface area contributed by atoms with Crippen LogP contribution >= 0.6 is 23.2 Å². The molecule has 0 unspecified atom stereocenters. The molecule has 2 aromatic rings. The van der Waals surface area contributed by atoms with Crippen molar-refractivity contribution in [3.05, 3.63) is 44.3 Å². The second-order valence-electron chi connectivity index (χ2n) is 3.87. The molecule has 0 bridgehead atoms. The van der Waals surface area contributed by atoms with E-state index >= 15 is 0 Å². The molecular formula is C12H10Cl2N2O3. The van der Waals surface area contributed by atoms with Gasteiger partial charge in [-0.2, -0.15) is 5.10 Å². The predicted octanol–water partition coefficient (Wildman–Crippen LogP) is 2.89. The Morgan fingerprint density at radius 1 is 1.37 bits per heavy atom. The first-order chi connectivity index (χ1) is 8.90. The van der Waals surface area contributed by atoms with E-state index in [-0.39, 0.29) is 28.0 Å². The van der Waals surface area contributed by atoms with Crippen LogP contribution < -0.4 is 10.3 Å². The van der Waals surface area contributed by atoms with Gasteiger partial charge in [0.2, 0.25) is 5.75 Å². The Bertz CT molecular complexity index is 698. The third-order valence-electron chi connectivity index (χ3n) is 2.45. The van der Waals surface area contributed by atoms with Crippen LogP contribution in [0.3, 0.4) is 0 Å². The summed E-state index contributed by atoms with van der Waals surface area (Å²) in [5.74, 6) is -0.308. The van der Waals surface area contributed by atoms with Crippen molar-refractivity contribution >= 4 is 23.2 Å². The predicted molar refractivity (Wildman–Crippen MR) is 72.4 cm³/mol. The lowest BCUT2D eigenvalue weighted by Gasteiger charge is -2.10. The van der Waals surface area contributed by atoms with Crippen molar-refractivity contribution in [2.75, 3.05) is 0 Å². The molecule has 5 nitrogen and oxygen atoms in total. The Kier molecular flexibility index (Phi) is 3.68. The summed E-state index contributed by atoms with van der Waals surface area (Å²) in [5, 5.41) is 14.4. The van der Waals surface area contributed by atoms with E-state index in [2.05, 4.69) is 5.10 Å². The van der Waals surface area contributed by atoms with Crippen LogP contribution in [0.25, 0.3) is 0 Å². The van der Waals surface area contributed by atoms with Gasteiger partial charge in [-0.1, -0.05) is 23.2 Å². The molecule has 0 saturated heterocycles. The van der Waals surface area contributed by atoms with Gasteiger partial charge in [0.05, 0.1) is 5.02 Å². The van der Waals surface area contributed by atoms with E-state index in [0.717, 1.165) is 4.68 Å². The summed E-state index contributed by atoms with van der Waals surface area (Å²) in [6.45, 7) is 1.56. The molecule has 0 aliphatic heterocycles. The third kappa shape index (κ3) is 2.67. The van der Waals surface area contributed by atoms with Crippen LogP contribution in [0, 0.1) is 6.92 Å². The molecule has 0 fully saturated rings. The van der Waals surface area contributed by atoms with Crippen LogP contribution in [0.1, 0.15) is 5.69 Å². The highest BCUT2D eigenvalue weighted by atomic mass is 35.5. The topological polar surface area (TPSA) is 64.4 Å². The van der Waals surface area contributed by atoms with Crippen molar-refractivity contribution in [3.8, 4) is 17.2 Å². The minimum Gasteiger partial charge on any atom is -0.503 e. The Hall–Kier alpha value is -1.72. The zero-order valence-electron chi connectivity index (χ0n) is 10.1. The molecule has 7 heteroatoms. The van der Waals surface area contributed by atoms with Gasteiger partial charge in [-0.25, -0.2) is 4.68 Å². The maximum Gasteiger partial charge on any atom is 0.313 e. The van der Waals surface area contributed by atoms with E-state index in [1.807, 2.05) is 0 Å². The van der Waals surface area contributed by atoms with E-state index in [9.17, 15) is 9.90 Å². The van der Waals surface area contributed by atoms with E-state index < -0.39 is 5.56 Å². The summed E-state index contributed by atoms with van der Waals surface area (Å²) in [6, 6.07) is 4.56. The number of rotatable bonds is 2. The lowest BCUT2D eigenvalue weighted by molar-refractivity contribution is 0.390. The molecule has 1 aromatic heterocycles. The summed E-state index contributed by atoms with van der Waals surface area (Å²) >= 11 is 11.7. The minimum atomic E-state index is -0.561. The number of hydrogen-bond acceptors (Lipinski definition) is 4. The third-order valence-corrected chi connectivity index (χ3v) is 2.98. The van der Waals surface area contributed by atoms with Crippen LogP contribution in [-0.4, -0.2) is 14.9 Å². The van der Waals surface area contributed by atoms with E-state index in [4.69, 9.17) is 27.9 Å². The molecule has 1 aromatic carbocycles. The lowest BCUT2D eigenvalue weighted by Crippen LogP contribution is -2.21. The number of ether oxygens (including phenoxy) is 1. The highest BCUT2D eigenvalue weighted by Crippen LogP contribution is 2.34. The highest BCUT2D eigenvalue weighted by Gasteiger charge is 2.16. The van der Waals surface area contributed by atoms with Gasteiger partial charge in [-0.05, 0) is 25.1 Å². The molecular weight excluding hydrogens is 291 g/mol. The number of aryl methyl sites for hydroxylation is 2. The molecule has 0 radical (unpaired) electrons. The van der Waals surface area contributed by atoms with Crippen molar-refractivity contribution in [3.63, 3.8) is 0 Å². The molecule has 0 aliphatic carbocycles. The summed E-state index contributed by atoms with van der Waals surface area (Å²) in [5.41, 5.74) is -0.281. The molecule has 0 atom stereocenters. The first-order valence-electron chi connectivity index (χ1n) is 5.30. The van der Waals surface area contributed by atoms with Crippen LogP contribution in [0.15, 0.2) is 23.0 Å². The standard InChI is InChI=1S/C12H10Cl2N2O3/c1-6-10(17)11(12(18)16(2)15-6)19-9-4-3-7(13)5-8(9)14/h3-5,17H,1-2H3. The van der Waals surface area contributed by atoms with E-state index in [0.29, 0.717) is 5.02 Å². The summed E-state index contributed by atoms with van der Waals surface area (Å²) in [6.07, 6.45) is 0. The minimum absolute atomic E-state index is 0.223. The Labute approximate surface area is 119 Å². The Morgan fingerprint density at radius 2 is 2.05 bits per heavy atom. The van der Waals surface area contributed by atoms with Gasteiger partial charge in [-0.3, -0.25) is 4.79 Å². The maximum atomic E-state index is 11.9. The smallest absolute Gasteiger partial charge is 0.313 e. The van der Waals surface area contributed by atoms with E-state index in [1.54, 1.807) is 13.0 Å². The molecule has 100 valence electrons. The zero-order chi connectivity index (χ0) is 14.2. The van der Waals surface area contributed by atoms with Crippen LogP contribution in [0.4, 0.5) is 0 Å². The molecule has 0 aliphatic rings. The summed E-state index contributed by atoms with van der Waals surface area (Å²) in [7, 11) is 1.46. The quantitative estimate of drug-likeness (QED) is 0.926. The van der Waals surface area contributed by atoms with Gasteiger partial charge in [0, 0.05) is 12.1 Å². The Balaban J connectivity index is 2.52. The molecule has 1 N–H and O–H groups in total. The van der Waals surface area contributed by atoms with Crippen LogP contribution in [0.2, 0.25) is 10.0 Å². The number of halogens is 2. The number of nitrogens with zero attached hydrogens (tertiary/aromatic N) is 2. The number of benzene rings is 1. The maximum absolute atomic E-state index is 11.9. The van der Waals surface area contributed by atoms with Crippen molar-refractivity contribution in [2.24, 2.45) is 7.05 Å². The summed E-state index contributed by atoms with van der Waals surface area (Å²) in [4.78, 5) is 11.9. The molecule has 0 spiro atoms. The molecule has 0 amide bonds. The second kappa shape index (κ2) is 5.11. The van der Waals surface area contributed by atoms with Crippen molar-refractivity contribution in [1.29, 1.82) is 0 Å². The van der Waals surface area contributed by atoms with Gasteiger partial charge in [0.25, 0.3) is 0 Å². The van der Waals surface area contributed by atoms with Crippen molar-refractivity contribution in [1.82, 2.24) is 9.78 Å². The highest BCUT2D eigenvalue weighted by molar-refractivity contribution is 6.35. The fourth-order valence-corrected chi connectivity index (χ4v) is 1.94. The van der Waals surface area contributed by atoms with Gasteiger partial charge in [-0.15, -0.1) is 0 Å². The SMILES string of the molecule is Cc1nn(C)c(=O)c(Oc2ccc(Cl)cc2Cl)c1O. The normalized spacial score (nSPS) is 10.5. The second-order valence-corrected chi connectivity index (χ2v) is 4.71. The number of aromatic hydroxyl groups is 1. The fourth-order valence-electron chi connectivity index (χ4n) is 1.49. The number of aromatic nitrogens is 2.